The maximum Gasteiger partial charge on any atom is 0.272 e. The minimum atomic E-state index is -0.0531. The van der Waals surface area contributed by atoms with Crippen molar-refractivity contribution in [1.29, 1.82) is 0 Å². The Morgan fingerprint density at radius 1 is 1.61 bits per heavy atom. The number of amides is 1. The molecule has 0 saturated carbocycles. The molecule has 2 rings (SSSR count). The Morgan fingerprint density at radius 2 is 2.39 bits per heavy atom. The first-order valence-electron chi connectivity index (χ1n) is 6.25. The van der Waals surface area contributed by atoms with Crippen LogP contribution in [-0.4, -0.2) is 53.9 Å². The molecule has 98 valence electrons. The molecule has 5 nitrogen and oxygen atoms in total. The van der Waals surface area contributed by atoms with Gasteiger partial charge in [0, 0.05) is 31.5 Å². The first-order valence-corrected chi connectivity index (χ1v) is 6.25. The van der Waals surface area contributed by atoms with Crippen LogP contribution in [0.4, 0.5) is 5.69 Å². The largest absolute Gasteiger partial charge is 0.399 e. The number of hydrogen-bond donors (Lipinski definition) is 1. The summed E-state index contributed by atoms with van der Waals surface area (Å²) in [4.78, 5) is 20.4. The molecule has 1 unspecified atom stereocenters. The molecule has 0 aromatic carbocycles. The molecule has 1 saturated heterocycles. The van der Waals surface area contributed by atoms with Crippen molar-refractivity contribution < 1.29 is 4.79 Å². The number of carbonyl (C=O) groups excluding carboxylic acids is 1. The van der Waals surface area contributed by atoms with Gasteiger partial charge in [-0.3, -0.25) is 9.78 Å². The lowest BCUT2D eigenvalue weighted by atomic mass is 10.0. The van der Waals surface area contributed by atoms with Crippen molar-refractivity contribution in [2.75, 3.05) is 32.9 Å². The predicted octanol–water partition coefficient (Wildman–Crippen LogP) is 0.830. The molecule has 0 aliphatic carbocycles. The molecular weight excluding hydrogens is 228 g/mol. The van der Waals surface area contributed by atoms with Crippen LogP contribution in [0.25, 0.3) is 0 Å². The van der Waals surface area contributed by atoms with E-state index in [1.165, 1.54) is 0 Å². The van der Waals surface area contributed by atoms with E-state index >= 15 is 0 Å². The Morgan fingerprint density at radius 3 is 3.06 bits per heavy atom. The van der Waals surface area contributed by atoms with Crippen LogP contribution in [0.2, 0.25) is 0 Å². The Kier molecular flexibility index (Phi) is 3.81. The average molecular weight is 248 g/mol. The third-order valence-corrected chi connectivity index (χ3v) is 3.47. The van der Waals surface area contributed by atoms with Gasteiger partial charge in [0.25, 0.3) is 5.91 Å². The smallest absolute Gasteiger partial charge is 0.272 e. The van der Waals surface area contributed by atoms with Gasteiger partial charge in [0.05, 0.1) is 0 Å². The van der Waals surface area contributed by atoms with E-state index in [0.717, 1.165) is 25.9 Å². The lowest BCUT2D eigenvalue weighted by Gasteiger charge is -2.35. The van der Waals surface area contributed by atoms with Crippen molar-refractivity contribution in [2.45, 2.75) is 18.9 Å². The number of nitrogen functional groups attached to an aromatic ring is 1. The summed E-state index contributed by atoms with van der Waals surface area (Å²) in [6, 6.07) is 3.58. The van der Waals surface area contributed by atoms with Crippen LogP contribution in [0, 0.1) is 0 Å². The summed E-state index contributed by atoms with van der Waals surface area (Å²) in [5.74, 6) is -0.0531. The van der Waals surface area contributed by atoms with Crippen molar-refractivity contribution >= 4 is 11.6 Å². The summed E-state index contributed by atoms with van der Waals surface area (Å²) < 4.78 is 0. The highest BCUT2D eigenvalue weighted by atomic mass is 16.2. The molecule has 0 radical (unpaired) electrons. The molecular formula is C13H20N4O. The summed E-state index contributed by atoms with van der Waals surface area (Å²) in [6.45, 7) is 2.03. The fraction of sp³-hybridized carbons (Fsp3) is 0.538. The van der Waals surface area contributed by atoms with Gasteiger partial charge in [0.1, 0.15) is 5.69 Å². The molecule has 0 spiro atoms. The molecule has 1 aromatic rings. The second kappa shape index (κ2) is 5.35. The molecule has 18 heavy (non-hydrogen) atoms. The molecule has 0 bridgehead atoms. The van der Waals surface area contributed by atoms with E-state index in [1.807, 2.05) is 7.05 Å². The van der Waals surface area contributed by atoms with Gasteiger partial charge >= 0.3 is 0 Å². The molecule has 1 atom stereocenters. The fourth-order valence-corrected chi connectivity index (χ4v) is 2.37. The van der Waals surface area contributed by atoms with Gasteiger partial charge in [-0.15, -0.1) is 0 Å². The average Bonchev–Trinajstić information content (AvgIpc) is 2.37. The molecule has 1 aromatic heterocycles. The number of likely N-dealkylation sites (tertiary alicyclic amines) is 1. The highest BCUT2D eigenvalue weighted by Gasteiger charge is 2.25. The van der Waals surface area contributed by atoms with Crippen molar-refractivity contribution in [3.05, 3.63) is 24.0 Å². The second-order valence-corrected chi connectivity index (χ2v) is 4.95. The molecule has 1 amide bonds. The number of anilines is 1. The summed E-state index contributed by atoms with van der Waals surface area (Å²) in [5, 5.41) is 0. The van der Waals surface area contributed by atoms with Crippen LogP contribution in [-0.2, 0) is 0 Å². The predicted molar refractivity (Wildman–Crippen MR) is 71.3 cm³/mol. The van der Waals surface area contributed by atoms with Crippen molar-refractivity contribution in [3.8, 4) is 0 Å². The van der Waals surface area contributed by atoms with Crippen molar-refractivity contribution in [1.82, 2.24) is 14.8 Å². The number of nitrogens with zero attached hydrogens (tertiary/aromatic N) is 3. The van der Waals surface area contributed by atoms with Crippen LogP contribution in [0.3, 0.4) is 0 Å². The first kappa shape index (κ1) is 12.8. The van der Waals surface area contributed by atoms with Gasteiger partial charge in [-0.1, -0.05) is 0 Å². The Bertz CT molecular complexity index is 435. The maximum absolute atomic E-state index is 12.3. The molecule has 5 heteroatoms. The topological polar surface area (TPSA) is 62.5 Å². The standard InChI is InChI=1S/C13H20N4O/c1-16-7-3-4-11(9-16)17(2)13(18)12-8-10(14)5-6-15-12/h5-6,8,11H,3-4,7,9H2,1-2H3,(H2,14,15). The van der Waals surface area contributed by atoms with E-state index in [-0.39, 0.29) is 11.9 Å². The van der Waals surface area contributed by atoms with Gasteiger partial charge in [-0.2, -0.15) is 0 Å². The van der Waals surface area contributed by atoms with Crippen LogP contribution >= 0.6 is 0 Å². The van der Waals surface area contributed by atoms with Crippen LogP contribution in [0.15, 0.2) is 18.3 Å². The SMILES string of the molecule is CN1CCCC(N(C)C(=O)c2cc(N)ccn2)C1. The van der Waals surface area contributed by atoms with Gasteiger partial charge in [-0.25, -0.2) is 0 Å². The lowest BCUT2D eigenvalue weighted by molar-refractivity contribution is 0.0638. The Balaban J connectivity index is 2.08. The van der Waals surface area contributed by atoms with E-state index in [9.17, 15) is 4.79 Å². The number of rotatable bonds is 2. The molecule has 1 aliphatic rings. The molecule has 1 fully saturated rings. The fourth-order valence-electron chi connectivity index (χ4n) is 2.37. The number of hydrogen-bond acceptors (Lipinski definition) is 4. The van der Waals surface area contributed by atoms with E-state index in [4.69, 9.17) is 5.73 Å². The quantitative estimate of drug-likeness (QED) is 0.842. The maximum atomic E-state index is 12.3. The van der Waals surface area contributed by atoms with E-state index in [1.54, 1.807) is 23.2 Å². The van der Waals surface area contributed by atoms with Crippen molar-refractivity contribution in [3.63, 3.8) is 0 Å². The van der Waals surface area contributed by atoms with Gasteiger partial charge in [0.2, 0.25) is 0 Å². The summed E-state index contributed by atoms with van der Waals surface area (Å²) >= 11 is 0. The van der Waals surface area contributed by atoms with Gasteiger partial charge in [-0.05, 0) is 38.6 Å². The third-order valence-electron chi connectivity index (χ3n) is 3.47. The number of pyridine rings is 1. The van der Waals surface area contributed by atoms with Crippen molar-refractivity contribution in [2.24, 2.45) is 0 Å². The van der Waals surface area contributed by atoms with E-state index in [2.05, 4.69) is 16.9 Å². The number of likely N-dealkylation sites (N-methyl/N-ethyl adjacent to an activating group) is 2. The normalized spacial score (nSPS) is 20.7. The summed E-state index contributed by atoms with van der Waals surface area (Å²) in [6.07, 6.45) is 3.75. The number of aromatic nitrogens is 1. The van der Waals surface area contributed by atoms with Crippen LogP contribution in [0.1, 0.15) is 23.3 Å². The Labute approximate surface area is 108 Å². The monoisotopic (exact) mass is 248 g/mol. The molecule has 1 aliphatic heterocycles. The number of carbonyl (C=O) groups is 1. The lowest BCUT2D eigenvalue weighted by Crippen LogP contribution is -2.47. The zero-order valence-electron chi connectivity index (χ0n) is 11.0. The molecule has 2 N–H and O–H groups in total. The Hall–Kier alpha value is -1.62. The highest BCUT2D eigenvalue weighted by Crippen LogP contribution is 2.16. The van der Waals surface area contributed by atoms with Gasteiger partial charge in [0.15, 0.2) is 0 Å². The number of piperidine rings is 1. The number of nitrogens with two attached hydrogens (primary N) is 1. The second-order valence-electron chi connectivity index (χ2n) is 4.95. The first-order chi connectivity index (χ1) is 8.58. The highest BCUT2D eigenvalue weighted by molar-refractivity contribution is 5.93. The van der Waals surface area contributed by atoms with E-state index < -0.39 is 0 Å². The summed E-state index contributed by atoms with van der Waals surface area (Å²) in [5.41, 5.74) is 6.67. The minimum absolute atomic E-state index is 0.0531. The third kappa shape index (κ3) is 2.79. The van der Waals surface area contributed by atoms with Gasteiger partial charge < -0.3 is 15.5 Å². The zero-order valence-corrected chi connectivity index (χ0v) is 11.0. The van der Waals surface area contributed by atoms with Crippen LogP contribution < -0.4 is 5.73 Å². The molecule has 2 heterocycles. The minimum Gasteiger partial charge on any atom is -0.399 e. The zero-order chi connectivity index (χ0) is 13.1. The van der Waals surface area contributed by atoms with Crippen LogP contribution in [0.5, 0.6) is 0 Å². The van der Waals surface area contributed by atoms with E-state index in [0.29, 0.717) is 11.4 Å². The summed E-state index contributed by atoms with van der Waals surface area (Å²) in [7, 11) is 3.93.